The van der Waals surface area contributed by atoms with Gasteiger partial charge in [-0.15, -0.1) is 11.3 Å². The lowest BCUT2D eigenvalue weighted by Gasteiger charge is -2.05. The summed E-state index contributed by atoms with van der Waals surface area (Å²) in [5.74, 6) is 0. The normalized spacial score (nSPS) is 12.7. The van der Waals surface area contributed by atoms with E-state index in [-0.39, 0.29) is 6.04 Å². The summed E-state index contributed by atoms with van der Waals surface area (Å²) in [6.07, 6.45) is 0.991. The molecule has 17 heavy (non-hydrogen) atoms. The lowest BCUT2D eigenvalue weighted by atomic mass is 10.1. The average Bonchev–Trinajstić information content (AvgIpc) is 2.80. The van der Waals surface area contributed by atoms with E-state index in [2.05, 4.69) is 66.8 Å². The molecule has 2 aromatic rings. The molecule has 0 aliphatic rings. The second-order valence-corrected chi connectivity index (χ2v) is 6.54. The Morgan fingerprint density at radius 2 is 2.06 bits per heavy atom. The topological polar surface area (TPSA) is 26.0 Å². The van der Waals surface area contributed by atoms with Crippen LogP contribution in [0.15, 0.2) is 30.3 Å². The van der Waals surface area contributed by atoms with E-state index >= 15 is 0 Å². The molecule has 2 rings (SSSR count). The first-order valence-corrected chi connectivity index (χ1v) is 7.63. The number of nitrogens with two attached hydrogens (primary N) is 1. The highest BCUT2D eigenvalue weighted by atomic mass is 127. The summed E-state index contributed by atoms with van der Waals surface area (Å²) in [4.78, 5) is 2.60. The zero-order chi connectivity index (χ0) is 12.4. The van der Waals surface area contributed by atoms with E-state index in [1.54, 1.807) is 0 Å². The molecule has 0 saturated carbocycles. The van der Waals surface area contributed by atoms with Gasteiger partial charge in [0.25, 0.3) is 0 Å². The van der Waals surface area contributed by atoms with Crippen molar-refractivity contribution in [2.45, 2.75) is 26.3 Å². The molecule has 0 spiro atoms. The SMILES string of the molecule is CCC(N)c1ccc(-c2cc(I)ccc2C)s1. The second kappa shape index (κ2) is 5.50. The third-order valence-corrected chi connectivity index (χ3v) is 4.82. The monoisotopic (exact) mass is 357 g/mol. The Kier molecular flexibility index (Phi) is 4.22. The molecule has 2 N–H and O–H groups in total. The molecule has 0 fully saturated rings. The highest BCUT2D eigenvalue weighted by molar-refractivity contribution is 14.1. The number of halogens is 1. The zero-order valence-electron chi connectivity index (χ0n) is 10.0. The molecule has 0 saturated heterocycles. The van der Waals surface area contributed by atoms with Gasteiger partial charge in [0.15, 0.2) is 0 Å². The van der Waals surface area contributed by atoms with Gasteiger partial charge in [0.1, 0.15) is 0 Å². The van der Waals surface area contributed by atoms with Gasteiger partial charge >= 0.3 is 0 Å². The molecule has 1 nitrogen and oxygen atoms in total. The summed E-state index contributed by atoms with van der Waals surface area (Å²) in [7, 11) is 0. The van der Waals surface area contributed by atoms with E-state index in [0.29, 0.717) is 0 Å². The smallest absolute Gasteiger partial charge is 0.0387 e. The van der Waals surface area contributed by atoms with Crippen molar-refractivity contribution < 1.29 is 0 Å². The van der Waals surface area contributed by atoms with Crippen LogP contribution in [0.25, 0.3) is 10.4 Å². The van der Waals surface area contributed by atoms with Crippen LogP contribution < -0.4 is 5.73 Å². The van der Waals surface area contributed by atoms with Gasteiger partial charge in [0.2, 0.25) is 0 Å². The summed E-state index contributed by atoms with van der Waals surface area (Å²) in [5, 5.41) is 0. The van der Waals surface area contributed by atoms with Crippen LogP contribution >= 0.6 is 33.9 Å². The third-order valence-electron chi connectivity index (χ3n) is 2.90. The van der Waals surface area contributed by atoms with Gasteiger partial charge in [-0.25, -0.2) is 0 Å². The van der Waals surface area contributed by atoms with Crippen LogP contribution in [0.4, 0.5) is 0 Å². The summed E-state index contributed by atoms with van der Waals surface area (Å²) in [5.41, 5.74) is 8.72. The van der Waals surface area contributed by atoms with E-state index in [1.165, 1.54) is 24.5 Å². The molecule has 90 valence electrons. The minimum Gasteiger partial charge on any atom is -0.323 e. The fourth-order valence-electron chi connectivity index (χ4n) is 1.76. The number of hydrogen-bond donors (Lipinski definition) is 1. The molecule has 1 aromatic carbocycles. The molecule has 0 radical (unpaired) electrons. The predicted molar refractivity (Wildman–Crippen MR) is 84.4 cm³/mol. The van der Waals surface area contributed by atoms with Crippen LogP contribution in [-0.4, -0.2) is 0 Å². The fourth-order valence-corrected chi connectivity index (χ4v) is 3.42. The first-order chi connectivity index (χ1) is 8.11. The van der Waals surface area contributed by atoms with Crippen LogP contribution in [0.1, 0.15) is 29.8 Å². The summed E-state index contributed by atoms with van der Waals surface area (Å²) < 4.78 is 1.28. The zero-order valence-corrected chi connectivity index (χ0v) is 13.0. The Balaban J connectivity index is 2.40. The van der Waals surface area contributed by atoms with Crippen molar-refractivity contribution in [3.8, 4) is 10.4 Å². The van der Waals surface area contributed by atoms with Crippen molar-refractivity contribution in [2.75, 3.05) is 0 Å². The number of rotatable bonds is 3. The standard InChI is InChI=1S/C14H16INS/c1-3-12(16)14-7-6-13(17-14)11-8-10(15)5-4-9(11)2/h4-8,12H,3,16H2,1-2H3. The Labute approximate surface area is 120 Å². The van der Waals surface area contributed by atoms with Gasteiger partial charge in [0.05, 0.1) is 0 Å². The van der Waals surface area contributed by atoms with E-state index in [4.69, 9.17) is 5.73 Å². The number of hydrogen-bond acceptors (Lipinski definition) is 2. The van der Waals surface area contributed by atoms with Crippen LogP contribution in [0.5, 0.6) is 0 Å². The molecule has 3 heteroatoms. The maximum atomic E-state index is 6.06. The van der Waals surface area contributed by atoms with Gasteiger partial charge in [-0.1, -0.05) is 13.0 Å². The van der Waals surface area contributed by atoms with Crippen LogP contribution in [-0.2, 0) is 0 Å². The van der Waals surface area contributed by atoms with Gasteiger partial charge in [-0.2, -0.15) is 0 Å². The van der Waals surface area contributed by atoms with Crippen LogP contribution in [0.2, 0.25) is 0 Å². The van der Waals surface area contributed by atoms with Crippen molar-refractivity contribution in [3.05, 3.63) is 44.3 Å². The fraction of sp³-hybridized carbons (Fsp3) is 0.286. The number of aryl methyl sites for hydroxylation is 1. The van der Waals surface area contributed by atoms with Gasteiger partial charge in [-0.3, -0.25) is 0 Å². The lowest BCUT2D eigenvalue weighted by Crippen LogP contribution is -2.05. The van der Waals surface area contributed by atoms with Gasteiger partial charge in [-0.05, 0) is 71.3 Å². The average molecular weight is 357 g/mol. The predicted octanol–water partition coefficient (Wildman–Crippen LogP) is 4.74. The Bertz CT molecular complexity index is 519. The molecular weight excluding hydrogens is 341 g/mol. The van der Waals surface area contributed by atoms with E-state index in [9.17, 15) is 0 Å². The van der Waals surface area contributed by atoms with E-state index in [0.717, 1.165) is 6.42 Å². The molecule has 0 amide bonds. The quantitative estimate of drug-likeness (QED) is 0.789. The molecule has 1 atom stereocenters. The van der Waals surface area contributed by atoms with Crippen molar-refractivity contribution in [2.24, 2.45) is 5.73 Å². The largest absolute Gasteiger partial charge is 0.323 e. The molecule has 1 heterocycles. The van der Waals surface area contributed by atoms with Gasteiger partial charge < -0.3 is 5.73 Å². The van der Waals surface area contributed by atoms with E-state index in [1.807, 2.05) is 11.3 Å². The second-order valence-electron chi connectivity index (χ2n) is 4.18. The van der Waals surface area contributed by atoms with Crippen molar-refractivity contribution in [1.29, 1.82) is 0 Å². The Morgan fingerprint density at radius 1 is 1.29 bits per heavy atom. The molecule has 0 bridgehead atoms. The van der Waals surface area contributed by atoms with Gasteiger partial charge in [0, 0.05) is 19.4 Å². The number of benzene rings is 1. The first-order valence-electron chi connectivity index (χ1n) is 5.73. The van der Waals surface area contributed by atoms with Crippen molar-refractivity contribution in [3.63, 3.8) is 0 Å². The highest BCUT2D eigenvalue weighted by Crippen LogP contribution is 2.34. The molecule has 1 aromatic heterocycles. The highest BCUT2D eigenvalue weighted by Gasteiger charge is 2.10. The Morgan fingerprint density at radius 3 is 2.76 bits per heavy atom. The Hall–Kier alpha value is -0.390. The molecule has 0 aliphatic carbocycles. The minimum absolute atomic E-state index is 0.178. The lowest BCUT2D eigenvalue weighted by molar-refractivity contribution is 0.712. The summed E-state index contributed by atoms with van der Waals surface area (Å²) >= 11 is 4.17. The maximum Gasteiger partial charge on any atom is 0.0387 e. The maximum absolute atomic E-state index is 6.06. The summed E-state index contributed by atoms with van der Waals surface area (Å²) in [6.45, 7) is 4.28. The van der Waals surface area contributed by atoms with Crippen molar-refractivity contribution in [1.82, 2.24) is 0 Å². The molecular formula is C14H16INS. The molecule has 0 aliphatic heterocycles. The third kappa shape index (κ3) is 2.89. The van der Waals surface area contributed by atoms with E-state index < -0.39 is 0 Å². The summed E-state index contributed by atoms with van der Waals surface area (Å²) in [6, 6.07) is 11.1. The minimum atomic E-state index is 0.178. The molecule has 1 unspecified atom stereocenters. The van der Waals surface area contributed by atoms with Crippen LogP contribution in [0.3, 0.4) is 0 Å². The van der Waals surface area contributed by atoms with Crippen LogP contribution in [0, 0.1) is 10.5 Å². The number of thiophene rings is 1. The van der Waals surface area contributed by atoms with Crippen molar-refractivity contribution >= 4 is 33.9 Å². The first kappa shape index (κ1) is 13.1.